The van der Waals surface area contributed by atoms with E-state index in [1.165, 1.54) is 0 Å². The normalized spacial score (nSPS) is 15.8. The number of carbonyl (C=O) groups is 1. The third kappa shape index (κ3) is 6.27. The molecule has 0 aliphatic carbocycles. The van der Waals surface area contributed by atoms with Crippen LogP contribution in [0.15, 0.2) is 24.3 Å². The fraction of sp³-hybridized carbons (Fsp3) is 0.529. The van der Waals surface area contributed by atoms with Crippen LogP contribution >= 0.6 is 0 Å². The summed E-state index contributed by atoms with van der Waals surface area (Å²) in [6.45, 7) is 3.72. The van der Waals surface area contributed by atoms with Gasteiger partial charge in [-0.1, -0.05) is 0 Å². The maximum absolute atomic E-state index is 11.8. The Hall–Kier alpha value is -2.10. The first-order chi connectivity index (χ1) is 11.2. The van der Waals surface area contributed by atoms with Gasteiger partial charge in [-0.3, -0.25) is 4.79 Å². The van der Waals surface area contributed by atoms with Crippen LogP contribution in [0.3, 0.4) is 0 Å². The molecule has 1 heterocycles. The number of aliphatic hydroxyl groups excluding tert-OH is 1. The quantitative estimate of drug-likeness (QED) is 0.651. The SMILES string of the molecule is N#Cc1ccc(NCC(=O)NCCCN2CCC(O)CC2)cc1. The molecular formula is C17H24N4O2. The first-order valence-electron chi connectivity index (χ1n) is 8.08. The number of nitriles is 1. The summed E-state index contributed by atoms with van der Waals surface area (Å²) in [5.41, 5.74) is 1.43. The lowest BCUT2D eigenvalue weighted by Gasteiger charge is -2.29. The lowest BCUT2D eigenvalue weighted by molar-refractivity contribution is -0.119. The molecule has 0 saturated carbocycles. The van der Waals surface area contributed by atoms with Crippen molar-refractivity contribution in [2.24, 2.45) is 0 Å². The number of rotatable bonds is 7. The van der Waals surface area contributed by atoms with Gasteiger partial charge in [0.1, 0.15) is 0 Å². The van der Waals surface area contributed by atoms with E-state index in [0.29, 0.717) is 12.1 Å². The number of amides is 1. The predicted molar refractivity (Wildman–Crippen MR) is 89.0 cm³/mol. The highest BCUT2D eigenvalue weighted by molar-refractivity contribution is 5.80. The van der Waals surface area contributed by atoms with Crippen LogP contribution in [0.2, 0.25) is 0 Å². The van der Waals surface area contributed by atoms with E-state index in [-0.39, 0.29) is 18.6 Å². The fourth-order valence-corrected chi connectivity index (χ4v) is 2.58. The number of anilines is 1. The molecule has 23 heavy (non-hydrogen) atoms. The molecule has 1 saturated heterocycles. The Morgan fingerprint density at radius 1 is 1.30 bits per heavy atom. The van der Waals surface area contributed by atoms with Gasteiger partial charge in [0.25, 0.3) is 0 Å². The summed E-state index contributed by atoms with van der Waals surface area (Å²) in [6, 6.07) is 9.07. The van der Waals surface area contributed by atoms with Gasteiger partial charge in [-0.2, -0.15) is 5.26 Å². The second-order valence-electron chi connectivity index (χ2n) is 5.82. The van der Waals surface area contributed by atoms with Gasteiger partial charge in [-0.25, -0.2) is 0 Å². The van der Waals surface area contributed by atoms with Crippen molar-refractivity contribution < 1.29 is 9.90 Å². The Balaban J connectivity index is 1.55. The minimum Gasteiger partial charge on any atom is -0.393 e. The van der Waals surface area contributed by atoms with Crippen molar-refractivity contribution in [3.05, 3.63) is 29.8 Å². The average molecular weight is 316 g/mol. The lowest BCUT2D eigenvalue weighted by Crippen LogP contribution is -2.38. The van der Waals surface area contributed by atoms with Gasteiger partial charge in [0.15, 0.2) is 0 Å². The first kappa shape index (κ1) is 17.3. The van der Waals surface area contributed by atoms with Crippen molar-refractivity contribution >= 4 is 11.6 Å². The summed E-state index contributed by atoms with van der Waals surface area (Å²) >= 11 is 0. The van der Waals surface area contributed by atoms with Crippen molar-refractivity contribution in [2.45, 2.75) is 25.4 Å². The van der Waals surface area contributed by atoms with Crippen LogP contribution in [0.1, 0.15) is 24.8 Å². The number of piperidine rings is 1. The molecule has 0 unspecified atom stereocenters. The zero-order valence-electron chi connectivity index (χ0n) is 13.3. The highest BCUT2D eigenvalue weighted by atomic mass is 16.3. The topological polar surface area (TPSA) is 88.4 Å². The molecule has 0 bridgehead atoms. The van der Waals surface area contributed by atoms with Crippen LogP contribution in [0.25, 0.3) is 0 Å². The van der Waals surface area contributed by atoms with Crippen LogP contribution in [0.4, 0.5) is 5.69 Å². The minimum atomic E-state index is -0.140. The van der Waals surface area contributed by atoms with Crippen LogP contribution in [0.5, 0.6) is 0 Å². The lowest BCUT2D eigenvalue weighted by atomic mass is 10.1. The average Bonchev–Trinajstić information content (AvgIpc) is 2.59. The molecule has 0 aromatic heterocycles. The molecule has 1 amide bonds. The maximum atomic E-state index is 11.8. The van der Waals surface area contributed by atoms with Gasteiger partial charge >= 0.3 is 0 Å². The molecule has 124 valence electrons. The van der Waals surface area contributed by atoms with E-state index < -0.39 is 0 Å². The number of benzene rings is 1. The maximum Gasteiger partial charge on any atom is 0.239 e. The van der Waals surface area contributed by atoms with Gasteiger partial charge in [0, 0.05) is 25.3 Å². The van der Waals surface area contributed by atoms with Crippen molar-refractivity contribution in [3.8, 4) is 6.07 Å². The number of hydrogen-bond acceptors (Lipinski definition) is 5. The molecule has 1 aromatic carbocycles. The van der Waals surface area contributed by atoms with Crippen molar-refractivity contribution in [2.75, 3.05) is 38.0 Å². The summed E-state index contributed by atoms with van der Waals surface area (Å²) in [4.78, 5) is 14.1. The number of likely N-dealkylation sites (tertiary alicyclic amines) is 1. The molecule has 0 radical (unpaired) electrons. The number of nitrogens with one attached hydrogen (secondary N) is 2. The van der Waals surface area contributed by atoms with E-state index in [9.17, 15) is 9.90 Å². The molecule has 0 spiro atoms. The monoisotopic (exact) mass is 316 g/mol. The molecule has 2 rings (SSSR count). The Morgan fingerprint density at radius 3 is 2.65 bits per heavy atom. The van der Waals surface area contributed by atoms with Gasteiger partial charge < -0.3 is 20.6 Å². The number of hydrogen-bond donors (Lipinski definition) is 3. The van der Waals surface area contributed by atoms with Crippen molar-refractivity contribution in [1.29, 1.82) is 5.26 Å². The number of nitrogens with zero attached hydrogens (tertiary/aromatic N) is 2. The number of carbonyl (C=O) groups excluding carboxylic acids is 1. The van der Waals surface area contributed by atoms with Crippen LogP contribution in [0, 0.1) is 11.3 Å². The minimum absolute atomic E-state index is 0.0385. The van der Waals surface area contributed by atoms with Gasteiger partial charge in [-0.15, -0.1) is 0 Å². The van der Waals surface area contributed by atoms with E-state index >= 15 is 0 Å². The molecule has 1 aromatic rings. The van der Waals surface area contributed by atoms with E-state index in [1.54, 1.807) is 24.3 Å². The van der Waals surface area contributed by atoms with E-state index in [1.807, 2.05) is 0 Å². The van der Waals surface area contributed by atoms with Gasteiger partial charge in [0.05, 0.1) is 24.3 Å². The van der Waals surface area contributed by atoms with Crippen molar-refractivity contribution in [3.63, 3.8) is 0 Å². The summed E-state index contributed by atoms with van der Waals surface area (Å²) in [6.07, 6.45) is 2.47. The van der Waals surface area contributed by atoms with E-state index in [2.05, 4.69) is 21.6 Å². The summed E-state index contributed by atoms with van der Waals surface area (Å²) in [5.74, 6) is -0.0385. The second-order valence-corrected chi connectivity index (χ2v) is 5.82. The highest BCUT2D eigenvalue weighted by Crippen LogP contribution is 2.10. The molecule has 0 atom stereocenters. The smallest absolute Gasteiger partial charge is 0.239 e. The summed E-state index contributed by atoms with van der Waals surface area (Å²) < 4.78 is 0. The second kappa shape index (κ2) is 9.13. The summed E-state index contributed by atoms with van der Waals surface area (Å²) in [5, 5.41) is 24.1. The molecule has 6 heteroatoms. The Labute approximate surface area is 137 Å². The van der Waals surface area contributed by atoms with Gasteiger partial charge in [-0.05, 0) is 50.1 Å². The molecule has 1 aliphatic rings. The Morgan fingerprint density at radius 2 is 2.00 bits per heavy atom. The van der Waals surface area contributed by atoms with Crippen LogP contribution in [-0.2, 0) is 4.79 Å². The zero-order chi connectivity index (χ0) is 16.5. The summed E-state index contributed by atoms with van der Waals surface area (Å²) in [7, 11) is 0. The Bertz CT molecular complexity index is 531. The number of aliphatic hydroxyl groups is 1. The molecular weight excluding hydrogens is 292 g/mol. The Kier molecular flexibility index (Phi) is 6.85. The highest BCUT2D eigenvalue weighted by Gasteiger charge is 2.16. The van der Waals surface area contributed by atoms with E-state index in [0.717, 1.165) is 44.6 Å². The zero-order valence-corrected chi connectivity index (χ0v) is 13.3. The fourth-order valence-electron chi connectivity index (χ4n) is 2.58. The van der Waals surface area contributed by atoms with Crippen LogP contribution < -0.4 is 10.6 Å². The molecule has 1 fully saturated rings. The largest absolute Gasteiger partial charge is 0.393 e. The van der Waals surface area contributed by atoms with Crippen molar-refractivity contribution in [1.82, 2.24) is 10.2 Å². The van der Waals surface area contributed by atoms with E-state index in [4.69, 9.17) is 5.26 Å². The molecule has 1 aliphatic heterocycles. The first-order valence-corrected chi connectivity index (χ1v) is 8.08. The molecule has 6 nitrogen and oxygen atoms in total. The van der Waals surface area contributed by atoms with Crippen LogP contribution in [-0.4, -0.2) is 54.7 Å². The predicted octanol–water partition coefficient (Wildman–Crippen LogP) is 0.933. The molecule has 3 N–H and O–H groups in total. The third-order valence-electron chi connectivity index (χ3n) is 4.00. The van der Waals surface area contributed by atoms with Gasteiger partial charge in [0.2, 0.25) is 5.91 Å². The third-order valence-corrected chi connectivity index (χ3v) is 4.00. The standard InChI is InChI=1S/C17H24N4O2/c18-12-14-2-4-15(5-3-14)20-13-17(23)19-8-1-9-21-10-6-16(22)7-11-21/h2-5,16,20,22H,1,6-11,13H2,(H,19,23).